The van der Waals surface area contributed by atoms with Crippen molar-refractivity contribution in [3.05, 3.63) is 83.3 Å². The number of hydrogen-bond donors (Lipinski definition) is 1. The number of esters is 1. The van der Waals surface area contributed by atoms with Gasteiger partial charge in [0.2, 0.25) is 0 Å². The Labute approximate surface area is 203 Å². The molecule has 0 spiro atoms. The van der Waals surface area contributed by atoms with Gasteiger partial charge in [-0.05, 0) is 87.0 Å². The van der Waals surface area contributed by atoms with E-state index in [2.05, 4.69) is 4.72 Å². The number of ether oxygens (including phenoxy) is 2. The molecule has 0 saturated carbocycles. The molecule has 0 aliphatic carbocycles. The molecule has 35 heavy (non-hydrogen) atoms. The number of halogens is 1. The van der Waals surface area contributed by atoms with Crippen molar-refractivity contribution in [2.24, 2.45) is 0 Å². The number of anilines is 1. The lowest BCUT2D eigenvalue weighted by Crippen LogP contribution is -2.14. The van der Waals surface area contributed by atoms with E-state index in [1.54, 1.807) is 27.0 Å². The Morgan fingerprint density at radius 3 is 2.29 bits per heavy atom. The lowest BCUT2D eigenvalue weighted by molar-refractivity contribution is 0.0527. The lowest BCUT2D eigenvalue weighted by atomic mass is 10.1. The van der Waals surface area contributed by atoms with Gasteiger partial charge in [0.1, 0.15) is 11.6 Å². The summed E-state index contributed by atoms with van der Waals surface area (Å²) in [6.07, 6.45) is 0. The first-order valence-corrected chi connectivity index (χ1v) is 12.4. The minimum Gasteiger partial charge on any atom is -0.497 e. The number of benzene rings is 3. The number of nitrogens with one attached hydrogen (secondary N) is 1. The quantitative estimate of drug-likeness (QED) is 0.348. The molecule has 0 saturated heterocycles. The van der Waals surface area contributed by atoms with Crippen LogP contribution in [0, 0.1) is 19.7 Å². The maximum atomic E-state index is 13.3. The van der Waals surface area contributed by atoms with Gasteiger partial charge in [-0.3, -0.25) is 4.72 Å². The molecule has 0 atom stereocenters. The Hall–Kier alpha value is -3.85. The number of sulfonamides is 1. The van der Waals surface area contributed by atoms with Crippen LogP contribution in [0.3, 0.4) is 0 Å². The average Bonchev–Trinajstić information content (AvgIpc) is 3.10. The molecule has 0 fully saturated rings. The molecule has 4 aromatic rings. The fraction of sp³-hybridized carbons (Fsp3) is 0.192. The van der Waals surface area contributed by atoms with E-state index in [1.807, 2.05) is 41.8 Å². The van der Waals surface area contributed by atoms with E-state index < -0.39 is 21.8 Å². The van der Waals surface area contributed by atoms with Crippen molar-refractivity contribution in [1.82, 2.24) is 4.57 Å². The van der Waals surface area contributed by atoms with Crippen LogP contribution < -0.4 is 9.46 Å². The van der Waals surface area contributed by atoms with Gasteiger partial charge in [-0.25, -0.2) is 17.6 Å². The lowest BCUT2D eigenvalue weighted by Gasteiger charge is -2.13. The number of carbonyl (C=O) groups excluding carboxylic acids is 1. The normalized spacial score (nSPS) is 11.5. The summed E-state index contributed by atoms with van der Waals surface area (Å²) in [5.74, 6) is -0.337. The van der Waals surface area contributed by atoms with Crippen molar-refractivity contribution in [2.45, 2.75) is 25.7 Å². The van der Waals surface area contributed by atoms with Gasteiger partial charge >= 0.3 is 5.97 Å². The molecular weight excluding hydrogens is 471 g/mol. The van der Waals surface area contributed by atoms with Crippen molar-refractivity contribution in [3.63, 3.8) is 0 Å². The van der Waals surface area contributed by atoms with Crippen molar-refractivity contribution in [2.75, 3.05) is 18.4 Å². The number of aryl methyl sites for hydroxylation is 1. The van der Waals surface area contributed by atoms with Crippen LogP contribution in [-0.4, -0.2) is 32.7 Å². The summed E-state index contributed by atoms with van der Waals surface area (Å²) in [4.78, 5) is 12.9. The topological polar surface area (TPSA) is 86.6 Å². The number of aromatic nitrogens is 1. The number of hydrogen-bond acceptors (Lipinski definition) is 5. The minimum atomic E-state index is -3.98. The number of methoxy groups -OCH3 is 1. The molecule has 0 amide bonds. The van der Waals surface area contributed by atoms with Crippen molar-refractivity contribution < 1.29 is 27.1 Å². The SMILES string of the molecule is CCOC(=O)c1c(C)n(-c2ccc(OC)cc2)c2cc(C)c(NS(=O)(=O)c3ccc(F)cc3)cc12. The second kappa shape index (κ2) is 9.42. The van der Waals surface area contributed by atoms with Crippen LogP contribution in [0.2, 0.25) is 0 Å². The zero-order chi connectivity index (χ0) is 25.3. The van der Waals surface area contributed by atoms with E-state index in [1.165, 1.54) is 12.1 Å². The molecule has 0 unspecified atom stereocenters. The maximum Gasteiger partial charge on any atom is 0.340 e. The largest absolute Gasteiger partial charge is 0.497 e. The first kappa shape index (κ1) is 24.3. The molecule has 4 rings (SSSR count). The average molecular weight is 497 g/mol. The third-order valence-electron chi connectivity index (χ3n) is 5.73. The Bertz CT molecular complexity index is 1510. The second-order valence-electron chi connectivity index (χ2n) is 7.96. The van der Waals surface area contributed by atoms with Gasteiger partial charge in [-0.2, -0.15) is 0 Å². The zero-order valence-corrected chi connectivity index (χ0v) is 20.6. The highest BCUT2D eigenvalue weighted by molar-refractivity contribution is 7.92. The van der Waals surface area contributed by atoms with E-state index in [9.17, 15) is 17.6 Å². The Morgan fingerprint density at radius 1 is 1.03 bits per heavy atom. The van der Waals surface area contributed by atoms with Gasteiger partial charge in [0.15, 0.2) is 0 Å². The second-order valence-corrected chi connectivity index (χ2v) is 9.64. The Morgan fingerprint density at radius 2 is 1.69 bits per heavy atom. The van der Waals surface area contributed by atoms with Gasteiger partial charge in [0.25, 0.3) is 10.0 Å². The molecule has 9 heteroatoms. The summed E-state index contributed by atoms with van der Waals surface area (Å²) in [5, 5.41) is 0.541. The van der Waals surface area contributed by atoms with Crippen LogP contribution in [0.15, 0.2) is 65.6 Å². The summed E-state index contributed by atoms with van der Waals surface area (Å²) < 4.78 is 54.2. The van der Waals surface area contributed by atoms with Crippen molar-refractivity contribution >= 4 is 32.6 Å². The first-order valence-electron chi connectivity index (χ1n) is 10.9. The molecule has 182 valence electrons. The van der Waals surface area contributed by atoms with Crippen LogP contribution in [0.4, 0.5) is 10.1 Å². The number of rotatable bonds is 7. The van der Waals surface area contributed by atoms with E-state index in [0.717, 1.165) is 23.3 Å². The number of fused-ring (bicyclic) bond motifs is 1. The smallest absolute Gasteiger partial charge is 0.340 e. The molecule has 7 nitrogen and oxygen atoms in total. The summed E-state index contributed by atoms with van der Waals surface area (Å²) >= 11 is 0. The van der Waals surface area contributed by atoms with Crippen LogP contribution in [0.5, 0.6) is 5.75 Å². The standard InChI is InChI=1S/C26H25FN2O5S/c1-5-34-26(30)25-17(3)29(19-8-10-20(33-4)11-9-19)24-14-16(2)23(15-22(24)25)28-35(31,32)21-12-6-18(27)7-13-21/h6-15,28H,5H2,1-4H3. The predicted octanol–water partition coefficient (Wildman–Crippen LogP) is 5.37. The molecule has 1 heterocycles. The zero-order valence-electron chi connectivity index (χ0n) is 19.8. The Kier molecular flexibility index (Phi) is 6.53. The first-order chi connectivity index (χ1) is 16.7. The maximum absolute atomic E-state index is 13.3. The molecule has 3 aromatic carbocycles. The fourth-order valence-electron chi connectivity index (χ4n) is 4.02. The minimum absolute atomic E-state index is 0.0732. The summed E-state index contributed by atoms with van der Waals surface area (Å²) in [6, 6.07) is 15.4. The molecular formula is C26H25FN2O5S. The molecule has 0 aliphatic rings. The van der Waals surface area contributed by atoms with Gasteiger partial charge < -0.3 is 14.0 Å². The van der Waals surface area contributed by atoms with Gasteiger partial charge in [0, 0.05) is 16.8 Å². The Balaban J connectivity index is 1.89. The summed E-state index contributed by atoms with van der Waals surface area (Å²) in [6.45, 7) is 5.51. The van der Waals surface area contributed by atoms with E-state index in [0.29, 0.717) is 33.6 Å². The molecule has 1 aromatic heterocycles. The van der Waals surface area contributed by atoms with E-state index >= 15 is 0 Å². The summed E-state index contributed by atoms with van der Waals surface area (Å²) in [7, 11) is -2.40. The van der Waals surface area contributed by atoms with Crippen LogP contribution in [-0.2, 0) is 14.8 Å². The molecule has 0 bridgehead atoms. The number of carbonyl (C=O) groups is 1. The molecule has 0 aliphatic heterocycles. The van der Waals surface area contributed by atoms with E-state index in [4.69, 9.17) is 9.47 Å². The van der Waals surface area contributed by atoms with Crippen LogP contribution >= 0.6 is 0 Å². The third-order valence-corrected chi connectivity index (χ3v) is 7.11. The van der Waals surface area contributed by atoms with Crippen molar-refractivity contribution in [3.8, 4) is 11.4 Å². The highest BCUT2D eigenvalue weighted by Crippen LogP contribution is 2.35. The third kappa shape index (κ3) is 4.59. The monoisotopic (exact) mass is 496 g/mol. The van der Waals surface area contributed by atoms with E-state index in [-0.39, 0.29) is 11.5 Å². The summed E-state index contributed by atoms with van der Waals surface area (Å²) in [5.41, 5.74) is 3.48. The van der Waals surface area contributed by atoms with Crippen LogP contribution in [0.1, 0.15) is 28.5 Å². The number of nitrogens with zero attached hydrogens (tertiary/aromatic N) is 1. The van der Waals surface area contributed by atoms with Gasteiger partial charge in [-0.15, -0.1) is 0 Å². The van der Waals surface area contributed by atoms with Gasteiger partial charge in [-0.1, -0.05) is 0 Å². The highest BCUT2D eigenvalue weighted by atomic mass is 32.2. The van der Waals surface area contributed by atoms with Crippen molar-refractivity contribution in [1.29, 1.82) is 0 Å². The van der Waals surface area contributed by atoms with Gasteiger partial charge in [0.05, 0.1) is 35.4 Å². The fourth-order valence-corrected chi connectivity index (χ4v) is 5.14. The molecule has 0 radical (unpaired) electrons. The van der Waals surface area contributed by atoms with Crippen LogP contribution in [0.25, 0.3) is 16.6 Å². The highest BCUT2D eigenvalue weighted by Gasteiger charge is 2.24. The molecule has 1 N–H and O–H groups in total. The predicted molar refractivity (Wildman–Crippen MR) is 132 cm³/mol.